The third kappa shape index (κ3) is 3.54. The number of alkyl halides is 2. The third-order valence-electron chi connectivity index (χ3n) is 3.18. The van der Waals surface area contributed by atoms with Crippen molar-refractivity contribution in [1.82, 2.24) is 0 Å². The van der Waals surface area contributed by atoms with E-state index in [9.17, 15) is 8.78 Å². The second-order valence-corrected chi connectivity index (χ2v) is 4.52. The summed E-state index contributed by atoms with van der Waals surface area (Å²) in [5.41, 5.74) is 9.29. The average Bonchev–Trinajstić information content (AvgIpc) is 2.47. The maximum Gasteiger partial charge on any atom is 0.387 e. The summed E-state index contributed by atoms with van der Waals surface area (Å²) in [6, 6.07) is 14.2. The summed E-state index contributed by atoms with van der Waals surface area (Å²) in [5.74, 6) is 0.137. The molecule has 0 fully saturated rings. The van der Waals surface area contributed by atoms with Crippen LogP contribution in [0, 0.1) is 0 Å². The standard InChI is InChI=1S/C16H17F2NO/c1-2-11-4-3-5-13(10-11)15(19)12-6-8-14(9-7-12)20-16(17)18/h3-10,15-16H,2,19H2,1H3. The average molecular weight is 277 g/mol. The van der Waals surface area contributed by atoms with E-state index in [2.05, 4.69) is 23.8 Å². The molecule has 0 radical (unpaired) electrons. The number of hydrogen-bond donors (Lipinski definition) is 1. The lowest BCUT2D eigenvalue weighted by atomic mass is 9.97. The molecule has 0 spiro atoms. The topological polar surface area (TPSA) is 35.2 Å². The van der Waals surface area contributed by atoms with E-state index in [0.29, 0.717) is 0 Å². The van der Waals surface area contributed by atoms with Crippen molar-refractivity contribution >= 4 is 0 Å². The molecular formula is C16H17F2NO. The molecule has 2 nitrogen and oxygen atoms in total. The van der Waals surface area contributed by atoms with Gasteiger partial charge in [-0.1, -0.05) is 43.3 Å². The molecule has 0 aromatic heterocycles. The van der Waals surface area contributed by atoms with Crippen LogP contribution in [-0.4, -0.2) is 6.61 Å². The summed E-state index contributed by atoms with van der Waals surface area (Å²) in [6.45, 7) is -0.725. The zero-order valence-corrected chi connectivity index (χ0v) is 11.2. The van der Waals surface area contributed by atoms with Gasteiger partial charge in [0.2, 0.25) is 0 Å². The van der Waals surface area contributed by atoms with Gasteiger partial charge in [-0.15, -0.1) is 0 Å². The highest BCUT2D eigenvalue weighted by Gasteiger charge is 2.10. The van der Waals surface area contributed by atoms with E-state index in [4.69, 9.17) is 5.73 Å². The van der Waals surface area contributed by atoms with Crippen LogP contribution in [0.2, 0.25) is 0 Å². The van der Waals surface area contributed by atoms with E-state index in [-0.39, 0.29) is 11.8 Å². The molecule has 1 unspecified atom stereocenters. The van der Waals surface area contributed by atoms with Crippen LogP contribution in [0.15, 0.2) is 48.5 Å². The molecule has 2 rings (SSSR count). The van der Waals surface area contributed by atoms with Crippen LogP contribution in [0.5, 0.6) is 5.75 Å². The van der Waals surface area contributed by atoms with Crippen molar-refractivity contribution in [3.05, 3.63) is 65.2 Å². The normalized spacial score (nSPS) is 12.4. The third-order valence-corrected chi connectivity index (χ3v) is 3.18. The van der Waals surface area contributed by atoms with Crippen LogP contribution in [0.25, 0.3) is 0 Å². The highest BCUT2D eigenvalue weighted by Crippen LogP contribution is 2.23. The van der Waals surface area contributed by atoms with Crippen LogP contribution >= 0.6 is 0 Å². The molecular weight excluding hydrogens is 260 g/mol. The molecule has 0 saturated carbocycles. The molecule has 0 aliphatic rings. The summed E-state index contributed by atoms with van der Waals surface area (Å²) >= 11 is 0. The van der Waals surface area contributed by atoms with Gasteiger partial charge in [-0.25, -0.2) is 0 Å². The van der Waals surface area contributed by atoms with Crippen molar-refractivity contribution < 1.29 is 13.5 Å². The molecule has 1 atom stereocenters. The highest BCUT2D eigenvalue weighted by atomic mass is 19.3. The second-order valence-electron chi connectivity index (χ2n) is 4.52. The Labute approximate surface area is 117 Å². The summed E-state index contributed by atoms with van der Waals surface area (Å²) in [6.07, 6.45) is 0.946. The Morgan fingerprint density at radius 1 is 1.05 bits per heavy atom. The Morgan fingerprint density at radius 3 is 2.35 bits per heavy atom. The molecule has 0 saturated heterocycles. The minimum Gasteiger partial charge on any atom is -0.435 e. The Kier molecular flexibility index (Phi) is 4.69. The lowest BCUT2D eigenvalue weighted by molar-refractivity contribution is -0.0498. The van der Waals surface area contributed by atoms with Crippen molar-refractivity contribution in [1.29, 1.82) is 0 Å². The van der Waals surface area contributed by atoms with Gasteiger partial charge in [-0.2, -0.15) is 8.78 Å². The van der Waals surface area contributed by atoms with E-state index in [0.717, 1.165) is 17.5 Å². The SMILES string of the molecule is CCc1cccc(C(N)c2ccc(OC(F)F)cc2)c1. The van der Waals surface area contributed by atoms with Crippen LogP contribution in [-0.2, 0) is 6.42 Å². The number of aryl methyl sites for hydroxylation is 1. The van der Waals surface area contributed by atoms with Crippen molar-refractivity contribution in [2.75, 3.05) is 0 Å². The smallest absolute Gasteiger partial charge is 0.387 e. The number of hydrogen-bond acceptors (Lipinski definition) is 2. The molecule has 0 aliphatic carbocycles. The molecule has 20 heavy (non-hydrogen) atoms. The van der Waals surface area contributed by atoms with Crippen molar-refractivity contribution in [2.24, 2.45) is 5.73 Å². The van der Waals surface area contributed by atoms with Crippen molar-refractivity contribution in [2.45, 2.75) is 26.0 Å². The van der Waals surface area contributed by atoms with Gasteiger partial charge >= 0.3 is 6.61 Å². The van der Waals surface area contributed by atoms with Gasteiger partial charge in [0, 0.05) is 0 Å². The first-order chi connectivity index (χ1) is 9.60. The van der Waals surface area contributed by atoms with E-state index in [1.165, 1.54) is 17.7 Å². The lowest BCUT2D eigenvalue weighted by Crippen LogP contribution is -2.12. The van der Waals surface area contributed by atoms with Gasteiger partial charge in [-0.3, -0.25) is 0 Å². The van der Waals surface area contributed by atoms with Crippen LogP contribution in [0.3, 0.4) is 0 Å². The Balaban J connectivity index is 2.17. The molecule has 2 aromatic rings. The summed E-state index contributed by atoms with van der Waals surface area (Å²) in [7, 11) is 0. The van der Waals surface area contributed by atoms with Crippen LogP contribution in [0.1, 0.15) is 29.7 Å². The van der Waals surface area contributed by atoms with E-state index >= 15 is 0 Å². The van der Waals surface area contributed by atoms with Crippen LogP contribution in [0.4, 0.5) is 8.78 Å². The van der Waals surface area contributed by atoms with Gasteiger partial charge in [0.05, 0.1) is 6.04 Å². The first-order valence-electron chi connectivity index (χ1n) is 6.49. The monoisotopic (exact) mass is 277 g/mol. The van der Waals surface area contributed by atoms with Gasteiger partial charge in [0.15, 0.2) is 0 Å². The lowest BCUT2D eigenvalue weighted by Gasteiger charge is -2.14. The Morgan fingerprint density at radius 2 is 1.75 bits per heavy atom. The first kappa shape index (κ1) is 14.5. The molecule has 106 valence electrons. The summed E-state index contributed by atoms with van der Waals surface area (Å²) in [4.78, 5) is 0. The molecule has 0 amide bonds. The number of nitrogens with two attached hydrogens (primary N) is 1. The predicted octanol–water partition coefficient (Wildman–Crippen LogP) is 3.90. The zero-order valence-electron chi connectivity index (χ0n) is 11.2. The van der Waals surface area contributed by atoms with Gasteiger partial charge in [-0.05, 0) is 35.2 Å². The maximum atomic E-state index is 12.1. The number of rotatable bonds is 5. The van der Waals surface area contributed by atoms with Gasteiger partial charge < -0.3 is 10.5 Å². The zero-order chi connectivity index (χ0) is 14.5. The van der Waals surface area contributed by atoms with E-state index in [1.807, 2.05) is 12.1 Å². The molecule has 2 N–H and O–H groups in total. The largest absolute Gasteiger partial charge is 0.435 e. The highest BCUT2D eigenvalue weighted by molar-refractivity contribution is 5.36. The van der Waals surface area contributed by atoms with Gasteiger partial charge in [0.1, 0.15) is 5.75 Å². The quantitative estimate of drug-likeness (QED) is 0.899. The minimum absolute atomic E-state index is 0.137. The number of benzene rings is 2. The second kappa shape index (κ2) is 6.48. The fourth-order valence-electron chi connectivity index (χ4n) is 2.06. The van der Waals surface area contributed by atoms with Crippen LogP contribution < -0.4 is 10.5 Å². The number of halogens is 2. The van der Waals surface area contributed by atoms with Gasteiger partial charge in [0.25, 0.3) is 0 Å². The van der Waals surface area contributed by atoms with E-state index in [1.54, 1.807) is 12.1 Å². The summed E-state index contributed by atoms with van der Waals surface area (Å²) < 4.78 is 28.5. The molecule has 0 aliphatic heterocycles. The molecule has 2 aromatic carbocycles. The first-order valence-corrected chi connectivity index (χ1v) is 6.49. The fourth-order valence-corrected chi connectivity index (χ4v) is 2.06. The fraction of sp³-hybridized carbons (Fsp3) is 0.250. The molecule has 0 bridgehead atoms. The van der Waals surface area contributed by atoms with Crippen molar-refractivity contribution in [3.63, 3.8) is 0 Å². The minimum atomic E-state index is -2.81. The maximum absolute atomic E-state index is 12.1. The molecule has 0 heterocycles. The Bertz CT molecular complexity index is 555. The molecule has 4 heteroatoms. The summed E-state index contributed by atoms with van der Waals surface area (Å²) in [5, 5.41) is 0. The predicted molar refractivity (Wildman–Crippen MR) is 74.9 cm³/mol. The Hall–Kier alpha value is -1.94. The number of ether oxygens (including phenoxy) is 1. The van der Waals surface area contributed by atoms with Crippen molar-refractivity contribution in [3.8, 4) is 5.75 Å². The van der Waals surface area contributed by atoms with E-state index < -0.39 is 6.61 Å².